The molecule has 2 nitrogen and oxygen atoms in total. The molecule has 0 spiro atoms. The monoisotopic (exact) mass is 186 g/mol. The van der Waals surface area contributed by atoms with Crippen molar-refractivity contribution in [2.75, 3.05) is 27.4 Å². The van der Waals surface area contributed by atoms with Crippen molar-refractivity contribution in [3.8, 4) is 0 Å². The smallest absolute Gasteiger partial charge is 0.385 e. The van der Waals surface area contributed by atoms with Crippen molar-refractivity contribution in [3.05, 3.63) is 0 Å². The molecule has 12 heavy (non-hydrogen) atoms. The van der Waals surface area contributed by atoms with Gasteiger partial charge in [0.05, 0.1) is 12.5 Å². The normalized spacial score (nSPS) is 14.8. The summed E-state index contributed by atoms with van der Waals surface area (Å²) in [5, 5.41) is 0. The van der Waals surface area contributed by atoms with Crippen LogP contribution in [0, 0.1) is 5.92 Å². The molecule has 1 atom stereocenters. The Bertz CT molecular complexity index is 114. The molecule has 0 amide bonds. The SMILES string of the molecule is COCCC(COC)C(F)(F)F. The van der Waals surface area contributed by atoms with E-state index in [1.807, 2.05) is 0 Å². The number of hydrogen-bond acceptors (Lipinski definition) is 2. The predicted octanol–water partition coefficient (Wildman–Crippen LogP) is 1.85. The third-order valence-electron chi connectivity index (χ3n) is 1.50. The zero-order valence-electron chi connectivity index (χ0n) is 7.15. The molecule has 0 aliphatic rings. The summed E-state index contributed by atoms with van der Waals surface area (Å²) >= 11 is 0. The third kappa shape index (κ3) is 4.56. The number of ether oxygens (including phenoxy) is 2. The first-order chi connectivity index (χ1) is 5.52. The highest BCUT2D eigenvalue weighted by Gasteiger charge is 2.38. The molecular weight excluding hydrogens is 173 g/mol. The molecule has 1 unspecified atom stereocenters. The molecule has 5 heteroatoms. The first kappa shape index (κ1) is 11.7. The van der Waals surface area contributed by atoms with Gasteiger partial charge < -0.3 is 9.47 Å². The number of hydrogen-bond donors (Lipinski definition) is 0. The van der Waals surface area contributed by atoms with E-state index in [1.165, 1.54) is 14.2 Å². The second-order valence-corrected chi connectivity index (χ2v) is 2.48. The molecule has 0 heterocycles. The third-order valence-corrected chi connectivity index (χ3v) is 1.50. The Morgan fingerprint density at radius 1 is 1.17 bits per heavy atom. The summed E-state index contributed by atoms with van der Waals surface area (Å²) < 4.78 is 45.3. The summed E-state index contributed by atoms with van der Waals surface area (Å²) in [5.41, 5.74) is 0. The molecule has 74 valence electrons. The second kappa shape index (κ2) is 5.37. The Kier molecular flexibility index (Phi) is 5.24. The molecule has 0 radical (unpaired) electrons. The molecule has 0 aliphatic carbocycles. The summed E-state index contributed by atoms with van der Waals surface area (Å²) in [6.45, 7) is -0.194. The lowest BCUT2D eigenvalue weighted by molar-refractivity contribution is -0.190. The first-order valence-electron chi connectivity index (χ1n) is 3.57. The topological polar surface area (TPSA) is 18.5 Å². The molecule has 0 N–H and O–H groups in total. The van der Waals surface area contributed by atoms with Crippen LogP contribution in [0.5, 0.6) is 0 Å². The Labute approximate surface area is 69.7 Å². The van der Waals surface area contributed by atoms with Crippen LogP contribution in [-0.2, 0) is 9.47 Å². The summed E-state index contributed by atoms with van der Waals surface area (Å²) in [6.07, 6.45) is -4.23. The van der Waals surface area contributed by atoms with Crippen LogP contribution >= 0.6 is 0 Å². The fourth-order valence-corrected chi connectivity index (χ4v) is 0.803. The second-order valence-electron chi connectivity index (χ2n) is 2.48. The summed E-state index contributed by atoms with van der Waals surface area (Å²) in [4.78, 5) is 0. The van der Waals surface area contributed by atoms with Crippen molar-refractivity contribution in [2.45, 2.75) is 12.6 Å². The maximum Gasteiger partial charge on any atom is 0.394 e. The maximum atomic E-state index is 12.1. The van der Waals surface area contributed by atoms with Gasteiger partial charge in [-0.2, -0.15) is 13.2 Å². The van der Waals surface area contributed by atoms with Gasteiger partial charge >= 0.3 is 6.18 Å². The van der Waals surface area contributed by atoms with Gasteiger partial charge in [-0.15, -0.1) is 0 Å². The highest BCUT2D eigenvalue weighted by atomic mass is 19.4. The number of halogens is 3. The van der Waals surface area contributed by atoms with Gasteiger partial charge in [-0.25, -0.2) is 0 Å². The van der Waals surface area contributed by atoms with Crippen LogP contribution in [0.1, 0.15) is 6.42 Å². The standard InChI is InChI=1S/C7H13F3O2/c1-11-4-3-6(5-12-2)7(8,9)10/h6H,3-5H2,1-2H3. The van der Waals surface area contributed by atoms with E-state index in [1.54, 1.807) is 0 Å². The van der Waals surface area contributed by atoms with Crippen LogP contribution in [0.4, 0.5) is 13.2 Å². The van der Waals surface area contributed by atoms with Crippen molar-refractivity contribution in [3.63, 3.8) is 0 Å². The van der Waals surface area contributed by atoms with Gasteiger partial charge in [-0.3, -0.25) is 0 Å². The van der Waals surface area contributed by atoms with Gasteiger partial charge in [0.1, 0.15) is 0 Å². The Morgan fingerprint density at radius 2 is 1.75 bits per heavy atom. The van der Waals surface area contributed by atoms with Crippen molar-refractivity contribution in [1.82, 2.24) is 0 Å². The molecule has 0 aliphatic heterocycles. The van der Waals surface area contributed by atoms with Crippen molar-refractivity contribution in [2.24, 2.45) is 5.92 Å². The molecule has 0 aromatic heterocycles. The van der Waals surface area contributed by atoms with Crippen LogP contribution in [0.2, 0.25) is 0 Å². The molecule has 0 fully saturated rings. The average Bonchev–Trinajstić information content (AvgIpc) is 1.95. The quantitative estimate of drug-likeness (QED) is 0.652. The van der Waals surface area contributed by atoms with E-state index < -0.39 is 12.1 Å². The van der Waals surface area contributed by atoms with Gasteiger partial charge in [0.2, 0.25) is 0 Å². The zero-order chi connectivity index (χ0) is 9.61. The van der Waals surface area contributed by atoms with E-state index in [2.05, 4.69) is 9.47 Å². The van der Waals surface area contributed by atoms with Gasteiger partial charge in [0.25, 0.3) is 0 Å². The van der Waals surface area contributed by atoms with Gasteiger partial charge in [0.15, 0.2) is 0 Å². The molecular formula is C7H13F3O2. The molecule has 0 aromatic rings. The van der Waals surface area contributed by atoms with E-state index in [4.69, 9.17) is 0 Å². The lowest BCUT2D eigenvalue weighted by atomic mass is 10.1. The fraction of sp³-hybridized carbons (Fsp3) is 1.00. The number of alkyl halides is 3. The van der Waals surface area contributed by atoms with Crippen LogP contribution < -0.4 is 0 Å². The van der Waals surface area contributed by atoms with Crippen LogP contribution in [-0.4, -0.2) is 33.6 Å². The van der Waals surface area contributed by atoms with E-state index >= 15 is 0 Å². The molecule has 0 rings (SSSR count). The predicted molar refractivity (Wildman–Crippen MR) is 37.9 cm³/mol. The molecule has 0 bridgehead atoms. The average molecular weight is 186 g/mol. The summed E-state index contributed by atoms with van der Waals surface area (Å²) in [5.74, 6) is -1.41. The fourth-order valence-electron chi connectivity index (χ4n) is 0.803. The van der Waals surface area contributed by atoms with Crippen LogP contribution in [0.15, 0.2) is 0 Å². The maximum absolute atomic E-state index is 12.1. The summed E-state index contributed by atoms with van der Waals surface area (Å²) in [7, 11) is 2.63. The largest absolute Gasteiger partial charge is 0.394 e. The minimum atomic E-state index is -4.19. The van der Waals surface area contributed by atoms with Crippen LogP contribution in [0.25, 0.3) is 0 Å². The van der Waals surface area contributed by atoms with E-state index in [0.717, 1.165) is 0 Å². The Hall–Kier alpha value is -0.290. The highest BCUT2D eigenvalue weighted by molar-refractivity contribution is 4.66. The first-order valence-corrected chi connectivity index (χ1v) is 3.57. The van der Waals surface area contributed by atoms with Crippen LogP contribution in [0.3, 0.4) is 0 Å². The molecule has 0 saturated heterocycles. The number of methoxy groups -OCH3 is 2. The Balaban J connectivity index is 3.86. The zero-order valence-corrected chi connectivity index (χ0v) is 7.15. The minimum absolute atomic E-state index is 0.0478. The van der Waals surface area contributed by atoms with E-state index in [9.17, 15) is 13.2 Å². The molecule has 0 aromatic carbocycles. The molecule has 0 saturated carbocycles. The lowest BCUT2D eigenvalue weighted by Gasteiger charge is -2.18. The van der Waals surface area contributed by atoms with E-state index in [-0.39, 0.29) is 19.6 Å². The van der Waals surface area contributed by atoms with Gasteiger partial charge in [-0.05, 0) is 6.42 Å². The Morgan fingerprint density at radius 3 is 2.08 bits per heavy atom. The lowest BCUT2D eigenvalue weighted by Crippen LogP contribution is -2.28. The highest BCUT2D eigenvalue weighted by Crippen LogP contribution is 2.28. The van der Waals surface area contributed by atoms with Gasteiger partial charge in [0, 0.05) is 20.8 Å². The van der Waals surface area contributed by atoms with Crippen molar-refractivity contribution < 1.29 is 22.6 Å². The van der Waals surface area contributed by atoms with Crippen molar-refractivity contribution >= 4 is 0 Å². The summed E-state index contributed by atoms with van der Waals surface area (Å²) in [6, 6.07) is 0. The number of rotatable bonds is 5. The van der Waals surface area contributed by atoms with Crippen molar-refractivity contribution in [1.29, 1.82) is 0 Å². The minimum Gasteiger partial charge on any atom is -0.385 e. The van der Waals surface area contributed by atoms with E-state index in [0.29, 0.717) is 0 Å². The van der Waals surface area contributed by atoms with Gasteiger partial charge in [-0.1, -0.05) is 0 Å².